The van der Waals surface area contributed by atoms with Crippen LogP contribution in [-0.2, 0) is 4.79 Å². The molecular formula is C11H21NO2. The highest BCUT2D eigenvalue weighted by Gasteiger charge is 2.22. The summed E-state index contributed by atoms with van der Waals surface area (Å²) in [6.07, 6.45) is 4.97. The van der Waals surface area contributed by atoms with Crippen LogP contribution in [0.5, 0.6) is 0 Å². The van der Waals surface area contributed by atoms with Gasteiger partial charge in [0.1, 0.15) is 0 Å². The minimum absolute atomic E-state index is 0.369. The molecule has 0 bridgehead atoms. The van der Waals surface area contributed by atoms with Gasteiger partial charge in [0.25, 0.3) is 0 Å². The summed E-state index contributed by atoms with van der Waals surface area (Å²) < 4.78 is 0. The Hall–Kier alpha value is -0.570. The molecule has 1 aliphatic carbocycles. The maximum absolute atomic E-state index is 10.5. The Morgan fingerprint density at radius 2 is 1.86 bits per heavy atom. The Balaban J connectivity index is 2.14. The summed E-state index contributed by atoms with van der Waals surface area (Å²) in [6, 6.07) is 0. The molecule has 0 unspecified atom stereocenters. The molecule has 14 heavy (non-hydrogen) atoms. The third kappa shape index (κ3) is 4.09. The molecule has 0 saturated heterocycles. The van der Waals surface area contributed by atoms with Crippen LogP contribution in [0.2, 0.25) is 0 Å². The predicted molar refractivity (Wildman–Crippen MR) is 56.2 cm³/mol. The summed E-state index contributed by atoms with van der Waals surface area (Å²) in [7, 11) is 0. The first-order valence-corrected chi connectivity index (χ1v) is 5.64. The van der Waals surface area contributed by atoms with Crippen molar-refractivity contribution >= 4 is 5.97 Å². The molecule has 0 aliphatic heterocycles. The van der Waals surface area contributed by atoms with Crippen molar-refractivity contribution in [1.29, 1.82) is 0 Å². The van der Waals surface area contributed by atoms with Crippen molar-refractivity contribution in [2.45, 2.75) is 39.0 Å². The zero-order chi connectivity index (χ0) is 10.4. The fourth-order valence-corrected chi connectivity index (χ4v) is 2.24. The van der Waals surface area contributed by atoms with Gasteiger partial charge in [-0.25, -0.2) is 0 Å². The van der Waals surface area contributed by atoms with Gasteiger partial charge in [-0.3, -0.25) is 4.79 Å². The first-order chi connectivity index (χ1) is 6.72. The molecule has 0 aromatic heterocycles. The molecule has 0 aromatic carbocycles. The van der Waals surface area contributed by atoms with Gasteiger partial charge in [-0.2, -0.15) is 0 Å². The Bertz CT molecular complexity index is 174. The van der Waals surface area contributed by atoms with E-state index in [1.807, 2.05) is 0 Å². The molecule has 1 fully saturated rings. The lowest BCUT2D eigenvalue weighted by Gasteiger charge is -2.27. The van der Waals surface area contributed by atoms with Gasteiger partial charge < -0.3 is 10.4 Å². The molecule has 1 aliphatic rings. The molecule has 3 nitrogen and oxygen atoms in total. The Labute approximate surface area is 85.9 Å². The summed E-state index contributed by atoms with van der Waals surface area (Å²) in [6.45, 7) is 4.27. The van der Waals surface area contributed by atoms with Crippen LogP contribution in [0.25, 0.3) is 0 Å². The van der Waals surface area contributed by atoms with Crippen molar-refractivity contribution in [2.24, 2.45) is 11.8 Å². The van der Waals surface area contributed by atoms with Crippen LogP contribution >= 0.6 is 0 Å². The topological polar surface area (TPSA) is 49.3 Å². The van der Waals surface area contributed by atoms with Gasteiger partial charge in [0.05, 0.1) is 0 Å². The number of hydrogen-bond donors (Lipinski definition) is 2. The lowest BCUT2D eigenvalue weighted by Crippen LogP contribution is -2.26. The van der Waals surface area contributed by atoms with Gasteiger partial charge >= 0.3 is 5.97 Å². The van der Waals surface area contributed by atoms with E-state index in [1.165, 1.54) is 12.8 Å². The van der Waals surface area contributed by atoms with Gasteiger partial charge in [0.2, 0.25) is 0 Å². The van der Waals surface area contributed by atoms with Crippen LogP contribution in [0.1, 0.15) is 39.0 Å². The lowest BCUT2D eigenvalue weighted by atomic mass is 9.80. The van der Waals surface area contributed by atoms with Crippen LogP contribution in [0.3, 0.4) is 0 Å². The quantitative estimate of drug-likeness (QED) is 0.710. The minimum Gasteiger partial charge on any atom is -0.481 e. The number of nitrogens with one attached hydrogen (secondary N) is 1. The van der Waals surface area contributed by atoms with Crippen LogP contribution in [-0.4, -0.2) is 24.2 Å². The average molecular weight is 199 g/mol. The van der Waals surface area contributed by atoms with Crippen molar-refractivity contribution in [2.75, 3.05) is 13.1 Å². The molecule has 0 radical (unpaired) electrons. The first-order valence-electron chi connectivity index (χ1n) is 5.64. The summed E-state index contributed by atoms with van der Waals surface area (Å²) >= 11 is 0. The van der Waals surface area contributed by atoms with Crippen LogP contribution < -0.4 is 5.32 Å². The standard InChI is InChI=1S/C11H21NO2/c1-2-12-8-10-5-3-9(4-6-10)7-11(13)14/h9-10,12H,2-8H2,1H3,(H,13,14)/t9-,10+. The molecule has 0 amide bonds. The molecule has 2 N–H and O–H groups in total. The highest BCUT2D eigenvalue weighted by atomic mass is 16.4. The van der Waals surface area contributed by atoms with Crippen molar-refractivity contribution in [3.8, 4) is 0 Å². The van der Waals surface area contributed by atoms with Crippen molar-refractivity contribution in [3.63, 3.8) is 0 Å². The van der Waals surface area contributed by atoms with E-state index < -0.39 is 5.97 Å². The fourth-order valence-electron chi connectivity index (χ4n) is 2.24. The normalized spacial score (nSPS) is 27.5. The van der Waals surface area contributed by atoms with Gasteiger partial charge in [0.15, 0.2) is 0 Å². The molecule has 3 heteroatoms. The fraction of sp³-hybridized carbons (Fsp3) is 0.909. The molecular weight excluding hydrogens is 178 g/mol. The predicted octanol–water partition coefficient (Wildman–Crippen LogP) is 1.88. The smallest absolute Gasteiger partial charge is 0.303 e. The monoisotopic (exact) mass is 199 g/mol. The number of carboxylic acid groups (broad SMARTS) is 1. The maximum atomic E-state index is 10.5. The number of aliphatic carboxylic acids is 1. The van der Waals surface area contributed by atoms with Crippen LogP contribution in [0, 0.1) is 11.8 Å². The van der Waals surface area contributed by atoms with Crippen LogP contribution in [0.15, 0.2) is 0 Å². The largest absolute Gasteiger partial charge is 0.481 e. The van der Waals surface area contributed by atoms with Gasteiger partial charge in [-0.15, -0.1) is 0 Å². The van der Waals surface area contributed by atoms with Crippen molar-refractivity contribution in [3.05, 3.63) is 0 Å². The third-order valence-corrected chi connectivity index (χ3v) is 3.11. The van der Waals surface area contributed by atoms with Crippen LogP contribution in [0.4, 0.5) is 0 Å². The second kappa shape index (κ2) is 6.02. The number of rotatable bonds is 5. The molecule has 0 aromatic rings. The van der Waals surface area contributed by atoms with Gasteiger partial charge in [-0.1, -0.05) is 6.92 Å². The number of hydrogen-bond acceptors (Lipinski definition) is 2. The summed E-state index contributed by atoms with van der Waals surface area (Å²) in [4.78, 5) is 10.5. The molecule has 0 spiro atoms. The number of carboxylic acids is 1. The number of carbonyl (C=O) groups is 1. The summed E-state index contributed by atoms with van der Waals surface area (Å²) in [5.41, 5.74) is 0. The van der Waals surface area contributed by atoms with Gasteiger partial charge in [0, 0.05) is 6.42 Å². The highest BCUT2D eigenvalue weighted by Crippen LogP contribution is 2.30. The van der Waals surface area contributed by atoms with E-state index in [-0.39, 0.29) is 0 Å². The van der Waals surface area contributed by atoms with Gasteiger partial charge in [-0.05, 0) is 50.6 Å². The third-order valence-electron chi connectivity index (χ3n) is 3.11. The minimum atomic E-state index is -0.639. The summed E-state index contributed by atoms with van der Waals surface area (Å²) in [5, 5.41) is 12.0. The second-order valence-electron chi connectivity index (χ2n) is 4.29. The highest BCUT2D eigenvalue weighted by molar-refractivity contribution is 5.67. The molecule has 82 valence electrons. The van der Waals surface area contributed by atoms with E-state index in [4.69, 9.17) is 5.11 Å². The SMILES string of the molecule is CCNC[C@H]1CC[C@@H](CC(=O)O)CC1. The van der Waals surface area contributed by atoms with E-state index in [1.54, 1.807) is 0 Å². The van der Waals surface area contributed by atoms with Crippen molar-refractivity contribution in [1.82, 2.24) is 5.32 Å². The average Bonchev–Trinajstić information content (AvgIpc) is 2.16. The summed E-state index contributed by atoms with van der Waals surface area (Å²) in [5.74, 6) is 0.575. The van der Waals surface area contributed by atoms with E-state index in [0.29, 0.717) is 12.3 Å². The lowest BCUT2D eigenvalue weighted by molar-refractivity contribution is -0.138. The Kier molecular flexibility index (Phi) is 4.94. The van der Waals surface area contributed by atoms with Crippen molar-refractivity contribution < 1.29 is 9.90 Å². The second-order valence-corrected chi connectivity index (χ2v) is 4.29. The zero-order valence-corrected chi connectivity index (χ0v) is 8.96. The van der Waals surface area contributed by atoms with E-state index >= 15 is 0 Å². The van der Waals surface area contributed by atoms with E-state index in [9.17, 15) is 4.79 Å². The molecule has 0 heterocycles. The maximum Gasteiger partial charge on any atom is 0.303 e. The molecule has 0 atom stereocenters. The van der Waals surface area contributed by atoms with E-state index in [0.717, 1.165) is 31.8 Å². The van der Waals surface area contributed by atoms with E-state index in [2.05, 4.69) is 12.2 Å². The Morgan fingerprint density at radius 1 is 1.29 bits per heavy atom. The Morgan fingerprint density at radius 3 is 2.36 bits per heavy atom. The first kappa shape index (κ1) is 11.5. The molecule has 1 rings (SSSR count). The zero-order valence-electron chi connectivity index (χ0n) is 8.96. The molecule has 1 saturated carbocycles.